The zero-order valence-corrected chi connectivity index (χ0v) is 18.6. The van der Waals surface area contributed by atoms with Crippen LogP contribution in [0.5, 0.6) is 0 Å². The number of fused-ring (bicyclic) bond motifs is 3. The highest BCUT2D eigenvalue weighted by atomic mass is 32.2. The van der Waals surface area contributed by atoms with E-state index in [9.17, 15) is 14.4 Å². The van der Waals surface area contributed by atoms with Crippen LogP contribution in [0.3, 0.4) is 0 Å². The van der Waals surface area contributed by atoms with Gasteiger partial charge >= 0.3 is 0 Å². The van der Waals surface area contributed by atoms with Gasteiger partial charge in [-0.25, -0.2) is 4.98 Å². The Morgan fingerprint density at radius 1 is 1.20 bits per heavy atom. The van der Waals surface area contributed by atoms with Gasteiger partial charge < -0.3 is 5.32 Å². The number of nitrogens with one attached hydrogen (secondary N) is 1. The highest BCUT2D eigenvalue weighted by molar-refractivity contribution is 7.99. The van der Waals surface area contributed by atoms with E-state index in [0.717, 1.165) is 35.9 Å². The van der Waals surface area contributed by atoms with Crippen molar-refractivity contribution in [3.05, 3.63) is 50.6 Å². The predicted octanol–water partition coefficient (Wildman–Crippen LogP) is 4.20. The van der Waals surface area contributed by atoms with E-state index in [0.29, 0.717) is 22.8 Å². The van der Waals surface area contributed by atoms with E-state index < -0.39 is 0 Å². The van der Waals surface area contributed by atoms with Crippen LogP contribution < -0.4 is 10.9 Å². The molecular formula is C22H23N3O3S2. The summed E-state index contributed by atoms with van der Waals surface area (Å²) in [5.41, 5.74) is 2.39. The van der Waals surface area contributed by atoms with Crippen molar-refractivity contribution < 1.29 is 9.59 Å². The van der Waals surface area contributed by atoms with Gasteiger partial charge in [0.2, 0.25) is 5.91 Å². The van der Waals surface area contributed by atoms with Crippen LogP contribution in [0.15, 0.2) is 34.2 Å². The minimum atomic E-state index is -0.0673. The molecule has 6 nitrogen and oxygen atoms in total. The van der Waals surface area contributed by atoms with Crippen molar-refractivity contribution >= 4 is 50.7 Å². The number of rotatable bonds is 6. The van der Waals surface area contributed by atoms with Crippen molar-refractivity contribution in [2.45, 2.75) is 44.2 Å². The summed E-state index contributed by atoms with van der Waals surface area (Å²) in [6, 6.07) is 6.86. The fourth-order valence-electron chi connectivity index (χ4n) is 3.60. The minimum Gasteiger partial charge on any atom is -0.326 e. The maximum absolute atomic E-state index is 12.9. The normalized spacial score (nSPS) is 13.3. The fraction of sp³-hybridized carbons (Fsp3) is 0.364. The molecule has 0 spiro atoms. The number of benzene rings is 1. The molecule has 1 N–H and O–H groups in total. The lowest BCUT2D eigenvalue weighted by Crippen LogP contribution is -2.21. The van der Waals surface area contributed by atoms with Gasteiger partial charge in [-0.15, -0.1) is 11.3 Å². The average Bonchev–Trinajstić information content (AvgIpc) is 3.13. The molecule has 0 saturated heterocycles. The van der Waals surface area contributed by atoms with Gasteiger partial charge in [-0.3, -0.25) is 19.0 Å². The highest BCUT2D eigenvalue weighted by Crippen LogP contribution is 2.34. The van der Waals surface area contributed by atoms with Crippen LogP contribution in [0.1, 0.15) is 47.0 Å². The Bertz CT molecular complexity index is 1180. The van der Waals surface area contributed by atoms with Crippen molar-refractivity contribution in [3.8, 4) is 0 Å². The first kappa shape index (κ1) is 20.8. The standard InChI is InChI=1S/C22H23N3O3S2/c1-3-18(27)23-14-10-8-13(9-11-14)16(26)12-29-22-24-20-19(21(28)25(22)2)15-6-4-5-7-17(15)30-20/h8-11H,3-7,12H2,1-2H3,(H,23,27). The molecule has 0 fully saturated rings. The molecule has 0 radical (unpaired) electrons. The lowest BCUT2D eigenvalue weighted by Gasteiger charge is -2.10. The van der Waals surface area contributed by atoms with Gasteiger partial charge in [0.1, 0.15) is 4.83 Å². The molecule has 0 saturated carbocycles. The van der Waals surface area contributed by atoms with Crippen LogP contribution in [0, 0.1) is 0 Å². The molecule has 0 bridgehead atoms. The summed E-state index contributed by atoms with van der Waals surface area (Å²) in [7, 11) is 1.72. The second kappa shape index (κ2) is 8.73. The lowest BCUT2D eigenvalue weighted by molar-refractivity contribution is -0.115. The molecule has 3 aromatic rings. The van der Waals surface area contributed by atoms with E-state index in [1.807, 2.05) is 0 Å². The number of carbonyl (C=O) groups excluding carboxylic acids is 2. The number of nitrogens with zero attached hydrogens (tertiary/aromatic N) is 2. The number of hydrogen-bond donors (Lipinski definition) is 1. The van der Waals surface area contributed by atoms with Gasteiger partial charge in [-0.2, -0.15) is 0 Å². The van der Waals surface area contributed by atoms with Crippen LogP contribution in [-0.2, 0) is 24.7 Å². The molecule has 4 rings (SSSR count). The summed E-state index contributed by atoms with van der Waals surface area (Å²) in [6.07, 6.45) is 4.66. The smallest absolute Gasteiger partial charge is 0.262 e. The molecular weight excluding hydrogens is 418 g/mol. The van der Waals surface area contributed by atoms with Gasteiger partial charge in [0.05, 0.1) is 11.1 Å². The first-order chi connectivity index (χ1) is 14.5. The maximum atomic E-state index is 12.9. The Hall–Kier alpha value is -2.45. The van der Waals surface area contributed by atoms with Gasteiger partial charge in [0, 0.05) is 29.6 Å². The number of thioether (sulfide) groups is 1. The summed E-state index contributed by atoms with van der Waals surface area (Å²) in [6.45, 7) is 1.79. The SMILES string of the molecule is CCC(=O)Nc1ccc(C(=O)CSc2nc3sc4c(c3c(=O)n2C)CCCC4)cc1. The van der Waals surface area contributed by atoms with Crippen LogP contribution in [0.4, 0.5) is 5.69 Å². The van der Waals surface area contributed by atoms with Gasteiger partial charge in [-0.05, 0) is 55.5 Å². The molecule has 0 atom stereocenters. The first-order valence-corrected chi connectivity index (χ1v) is 11.8. The van der Waals surface area contributed by atoms with Crippen LogP contribution in [0.25, 0.3) is 10.2 Å². The molecule has 8 heteroatoms. The van der Waals surface area contributed by atoms with Crippen LogP contribution in [-0.4, -0.2) is 27.0 Å². The molecule has 2 heterocycles. The third-order valence-electron chi connectivity index (χ3n) is 5.30. The largest absolute Gasteiger partial charge is 0.326 e. The quantitative estimate of drug-likeness (QED) is 0.352. The van der Waals surface area contributed by atoms with Gasteiger partial charge in [-0.1, -0.05) is 18.7 Å². The number of carbonyl (C=O) groups is 2. The zero-order chi connectivity index (χ0) is 21.3. The minimum absolute atomic E-state index is 0.0228. The molecule has 1 aliphatic carbocycles. The van der Waals surface area contributed by atoms with E-state index in [4.69, 9.17) is 4.98 Å². The Morgan fingerprint density at radius 2 is 1.93 bits per heavy atom. The van der Waals surface area contributed by atoms with E-state index in [1.54, 1.807) is 54.1 Å². The second-order valence-corrected chi connectivity index (χ2v) is 9.37. The van der Waals surface area contributed by atoms with Gasteiger partial charge in [0.15, 0.2) is 10.9 Å². The third-order valence-corrected chi connectivity index (χ3v) is 7.52. The second-order valence-electron chi connectivity index (χ2n) is 7.34. The van der Waals surface area contributed by atoms with Crippen LogP contribution in [0.2, 0.25) is 0 Å². The molecule has 0 aliphatic heterocycles. The third kappa shape index (κ3) is 4.06. The lowest BCUT2D eigenvalue weighted by atomic mass is 9.97. The van der Waals surface area contributed by atoms with Crippen LogP contribution >= 0.6 is 23.1 Å². The van der Waals surface area contributed by atoms with E-state index in [2.05, 4.69) is 5.32 Å². The van der Waals surface area contributed by atoms with Crippen molar-refractivity contribution in [1.29, 1.82) is 0 Å². The topological polar surface area (TPSA) is 81.1 Å². The summed E-state index contributed by atoms with van der Waals surface area (Å²) >= 11 is 2.90. The molecule has 156 valence electrons. The number of aromatic nitrogens is 2. The average molecular weight is 442 g/mol. The Balaban J connectivity index is 1.50. The number of hydrogen-bond acceptors (Lipinski definition) is 6. The first-order valence-electron chi connectivity index (χ1n) is 10.0. The molecule has 1 aromatic carbocycles. The zero-order valence-electron chi connectivity index (χ0n) is 17.0. The molecule has 30 heavy (non-hydrogen) atoms. The van der Waals surface area contributed by atoms with Crippen molar-refractivity contribution in [2.75, 3.05) is 11.1 Å². The van der Waals surface area contributed by atoms with E-state index in [1.165, 1.54) is 22.2 Å². The number of anilines is 1. The summed E-state index contributed by atoms with van der Waals surface area (Å²) in [5, 5.41) is 4.09. The number of aryl methyl sites for hydroxylation is 2. The highest BCUT2D eigenvalue weighted by Gasteiger charge is 2.21. The Labute approximate surface area is 182 Å². The van der Waals surface area contributed by atoms with Crippen molar-refractivity contribution in [3.63, 3.8) is 0 Å². The molecule has 1 aliphatic rings. The summed E-state index contributed by atoms with van der Waals surface area (Å²) < 4.78 is 1.56. The summed E-state index contributed by atoms with van der Waals surface area (Å²) in [4.78, 5) is 43.8. The molecule has 1 amide bonds. The monoisotopic (exact) mass is 441 g/mol. The Kier molecular flexibility index (Phi) is 6.06. The number of amides is 1. The fourth-order valence-corrected chi connectivity index (χ4v) is 5.77. The Morgan fingerprint density at radius 3 is 2.67 bits per heavy atom. The number of Topliss-reactive ketones (excluding diaryl/α,β-unsaturated/α-hetero) is 1. The van der Waals surface area contributed by atoms with Crippen molar-refractivity contribution in [2.24, 2.45) is 7.05 Å². The molecule has 2 aromatic heterocycles. The van der Waals surface area contributed by atoms with Gasteiger partial charge in [0.25, 0.3) is 5.56 Å². The predicted molar refractivity (Wildman–Crippen MR) is 122 cm³/mol. The summed E-state index contributed by atoms with van der Waals surface area (Å²) in [5.74, 6) is 0.0767. The van der Waals surface area contributed by atoms with Crippen molar-refractivity contribution in [1.82, 2.24) is 9.55 Å². The maximum Gasteiger partial charge on any atom is 0.262 e. The number of thiophene rings is 1. The van der Waals surface area contributed by atoms with E-state index >= 15 is 0 Å². The number of ketones is 1. The molecule has 0 unspecified atom stereocenters. The van der Waals surface area contributed by atoms with E-state index in [-0.39, 0.29) is 23.0 Å².